The number of ether oxygens (including phenoxy) is 2. The van der Waals surface area contributed by atoms with Crippen molar-refractivity contribution in [2.24, 2.45) is 0 Å². The normalized spacial score (nSPS) is 24.0. The third kappa shape index (κ3) is 10.0. The SMILES string of the molecule is C=CCCCCCCCCCCCCCO[C@@H]1[C@H]([C@H](O)CO)OC[C@@H]1O. The molecule has 0 unspecified atom stereocenters. The first kappa shape index (κ1) is 23.6. The van der Waals surface area contributed by atoms with Gasteiger partial charge in [-0.3, -0.25) is 0 Å². The van der Waals surface area contributed by atoms with Gasteiger partial charge in [-0.05, 0) is 19.3 Å². The van der Waals surface area contributed by atoms with Crippen molar-refractivity contribution in [3.05, 3.63) is 12.7 Å². The van der Waals surface area contributed by atoms with Crippen LogP contribution >= 0.6 is 0 Å². The van der Waals surface area contributed by atoms with Crippen LogP contribution < -0.4 is 0 Å². The van der Waals surface area contributed by atoms with Gasteiger partial charge >= 0.3 is 0 Å². The van der Waals surface area contributed by atoms with E-state index in [9.17, 15) is 10.2 Å². The molecule has 1 saturated heterocycles. The van der Waals surface area contributed by atoms with Gasteiger partial charge in [0.25, 0.3) is 0 Å². The summed E-state index contributed by atoms with van der Waals surface area (Å²) >= 11 is 0. The summed E-state index contributed by atoms with van der Waals surface area (Å²) in [5.41, 5.74) is 0. The largest absolute Gasteiger partial charge is 0.394 e. The third-order valence-corrected chi connectivity index (χ3v) is 5.09. The molecule has 5 nitrogen and oxygen atoms in total. The highest BCUT2D eigenvalue weighted by Crippen LogP contribution is 2.21. The fraction of sp³-hybridized carbons (Fsp3) is 0.905. The van der Waals surface area contributed by atoms with Crippen molar-refractivity contribution in [2.75, 3.05) is 19.8 Å². The van der Waals surface area contributed by atoms with Gasteiger partial charge in [0.05, 0.1) is 13.2 Å². The fourth-order valence-corrected chi connectivity index (χ4v) is 3.46. The van der Waals surface area contributed by atoms with Gasteiger partial charge < -0.3 is 24.8 Å². The summed E-state index contributed by atoms with van der Waals surface area (Å²) < 4.78 is 11.0. The summed E-state index contributed by atoms with van der Waals surface area (Å²) in [6, 6.07) is 0. The monoisotopic (exact) mass is 372 g/mol. The molecule has 0 radical (unpaired) electrons. The lowest BCUT2D eigenvalue weighted by molar-refractivity contribution is -0.0938. The molecule has 1 fully saturated rings. The van der Waals surface area contributed by atoms with Crippen LogP contribution in [0.15, 0.2) is 12.7 Å². The van der Waals surface area contributed by atoms with E-state index in [1.807, 2.05) is 6.08 Å². The molecule has 4 atom stereocenters. The summed E-state index contributed by atoms with van der Waals surface area (Å²) in [7, 11) is 0. The molecule has 0 amide bonds. The van der Waals surface area contributed by atoms with Crippen molar-refractivity contribution in [1.82, 2.24) is 0 Å². The molecule has 0 aliphatic carbocycles. The zero-order chi connectivity index (χ0) is 19.0. The van der Waals surface area contributed by atoms with E-state index < -0.39 is 24.4 Å². The molecule has 0 saturated carbocycles. The first-order chi connectivity index (χ1) is 12.7. The Bertz CT molecular complexity index is 336. The summed E-state index contributed by atoms with van der Waals surface area (Å²) in [5.74, 6) is 0. The van der Waals surface area contributed by atoms with Crippen LogP contribution in [-0.4, -0.2) is 59.6 Å². The zero-order valence-corrected chi connectivity index (χ0v) is 16.4. The van der Waals surface area contributed by atoms with Crippen LogP contribution in [0.2, 0.25) is 0 Å². The van der Waals surface area contributed by atoms with Crippen molar-refractivity contribution in [2.45, 2.75) is 101 Å². The number of aliphatic hydroxyl groups excluding tert-OH is 3. The molecule has 154 valence electrons. The number of hydrogen-bond donors (Lipinski definition) is 3. The molecule has 5 heteroatoms. The Morgan fingerprint density at radius 2 is 1.50 bits per heavy atom. The molecule has 0 aromatic rings. The minimum atomic E-state index is -1.00. The molecule has 1 aliphatic heterocycles. The van der Waals surface area contributed by atoms with Crippen molar-refractivity contribution < 1.29 is 24.8 Å². The van der Waals surface area contributed by atoms with Gasteiger partial charge in [0.2, 0.25) is 0 Å². The van der Waals surface area contributed by atoms with E-state index >= 15 is 0 Å². The van der Waals surface area contributed by atoms with Gasteiger partial charge in [0.15, 0.2) is 0 Å². The quantitative estimate of drug-likeness (QED) is 0.269. The van der Waals surface area contributed by atoms with E-state index in [-0.39, 0.29) is 13.2 Å². The minimum Gasteiger partial charge on any atom is -0.394 e. The van der Waals surface area contributed by atoms with Gasteiger partial charge in [-0.15, -0.1) is 6.58 Å². The number of allylic oxidation sites excluding steroid dienone is 1. The first-order valence-corrected chi connectivity index (χ1v) is 10.5. The van der Waals surface area contributed by atoms with E-state index in [0.29, 0.717) is 6.61 Å². The van der Waals surface area contributed by atoms with Crippen LogP contribution in [0.25, 0.3) is 0 Å². The average molecular weight is 373 g/mol. The van der Waals surface area contributed by atoms with Crippen molar-refractivity contribution in [1.29, 1.82) is 0 Å². The van der Waals surface area contributed by atoms with E-state index in [1.54, 1.807) is 0 Å². The van der Waals surface area contributed by atoms with Crippen molar-refractivity contribution in [3.8, 4) is 0 Å². The fourth-order valence-electron chi connectivity index (χ4n) is 3.46. The van der Waals surface area contributed by atoms with Gasteiger partial charge in [0.1, 0.15) is 24.4 Å². The van der Waals surface area contributed by atoms with E-state index in [1.165, 1.54) is 57.8 Å². The topological polar surface area (TPSA) is 79.2 Å². The molecule has 3 N–H and O–H groups in total. The van der Waals surface area contributed by atoms with Gasteiger partial charge in [-0.1, -0.05) is 63.9 Å². The Hall–Kier alpha value is -0.460. The number of unbranched alkanes of at least 4 members (excludes halogenated alkanes) is 11. The summed E-state index contributed by atoms with van der Waals surface area (Å²) in [6.07, 6.45) is 14.2. The van der Waals surface area contributed by atoms with Crippen LogP contribution in [0.3, 0.4) is 0 Å². The lowest BCUT2D eigenvalue weighted by Gasteiger charge is -2.23. The number of aliphatic hydroxyl groups is 3. The van der Waals surface area contributed by atoms with Crippen LogP contribution in [0.5, 0.6) is 0 Å². The second-order valence-corrected chi connectivity index (χ2v) is 7.42. The molecule has 26 heavy (non-hydrogen) atoms. The predicted molar refractivity (Wildman–Crippen MR) is 104 cm³/mol. The summed E-state index contributed by atoms with van der Waals surface area (Å²) in [6.45, 7) is 4.08. The van der Waals surface area contributed by atoms with Gasteiger partial charge in [-0.25, -0.2) is 0 Å². The average Bonchev–Trinajstić information content (AvgIpc) is 3.02. The lowest BCUT2D eigenvalue weighted by atomic mass is 10.0. The first-order valence-electron chi connectivity index (χ1n) is 10.5. The highest BCUT2D eigenvalue weighted by molar-refractivity contribution is 4.89. The summed E-state index contributed by atoms with van der Waals surface area (Å²) in [5, 5.41) is 28.6. The highest BCUT2D eigenvalue weighted by atomic mass is 16.6. The molecule has 0 aromatic carbocycles. The lowest BCUT2D eigenvalue weighted by Crippen LogP contribution is -2.42. The van der Waals surface area contributed by atoms with Crippen LogP contribution in [0, 0.1) is 0 Å². The Balaban J connectivity index is 1.89. The second-order valence-electron chi connectivity index (χ2n) is 7.42. The number of hydrogen-bond acceptors (Lipinski definition) is 5. The molecule has 0 aromatic heterocycles. The zero-order valence-electron chi connectivity index (χ0n) is 16.4. The van der Waals surface area contributed by atoms with Crippen LogP contribution in [-0.2, 0) is 9.47 Å². The number of rotatable bonds is 17. The molecule has 1 heterocycles. The Morgan fingerprint density at radius 1 is 0.962 bits per heavy atom. The van der Waals surface area contributed by atoms with E-state index in [4.69, 9.17) is 14.6 Å². The van der Waals surface area contributed by atoms with Crippen LogP contribution in [0.1, 0.15) is 77.0 Å². The second kappa shape index (κ2) is 15.6. The Kier molecular flexibility index (Phi) is 14.1. The molecule has 0 spiro atoms. The predicted octanol–water partition coefficient (Wildman–Crippen LogP) is 3.35. The summed E-state index contributed by atoms with van der Waals surface area (Å²) in [4.78, 5) is 0. The maximum Gasteiger partial charge on any atom is 0.114 e. The smallest absolute Gasteiger partial charge is 0.114 e. The van der Waals surface area contributed by atoms with Crippen molar-refractivity contribution in [3.63, 3.8) is 0 Å². The van der Waals surface area contributed by atoms with E-state index in [2.05, 4.69) is 6.58 Å². The minimum absolute atomic E-state index is 0.153. The Morgan fingerprint density at radius 3 is 2.04 bits per heavy atom. The molecular weight excluding hydrogens is 332 g/mol. The Labute approximate surface area is 159 Å². The van der Waals surface area contributed by atoms with Gasteiger partial charge in [0, 0.05) is 6.61 Å². The van der Waals surface area contributed by atoms with E-state index in [0.717, 1.165) is 19.3 Å². The maximum atomic E-state index is 9.86. The third-order valence-electron chi connectivity index (χ3n) is 5.09. The van der Waals surface area contributed by atoms with Crippen molar-refractivity contribution >= 4 is 0 Å². The standard InChI is InChI=1S/C21H40O5/c1-2-3-4-5-6-7-8-9-10-11-12-13-14-15-25-21-19(24)17-26-20(21)18(23)16-22/h2,18-24H,1,3-17H2/t18-,19+,20+,21+/m1/s1. The van der Waals surface area contributed by atoms with Gasteiger partial charge in [-0.2, -0.15) is 0 Å². The molecular formula is C21H40O5. The maximum absolute atomic E-state index is 9.86. The van der Waals surface area contributed by atoms with Crippen LogP contribution in [0.4, 0.5) is 0 Å². The molecule has 1 rings (SSSR count). The molecule has 0 bridgehead atoms. The highest BCUT2D eigenvalue weighted by Gasteiger charge is 2.40. The molecule has 1 aliphatic rings.